The van der Waals surface area contributed by atoms with Gasteiger partial charge in [-0.1, -0.05) is 6.07 Å². The van der Waals surface area contributed by atoms with Crippen LogP contribution in [-0.2, 0) is 17.8 Å². The van der Waals surface area contributed by atoms with E-state index < -0.39 is 0 Å². The number of aryl methyl sites for hydroxylation is 2. The highest BCUT2D eigenvalue weighted by Gasteiger charge is 2.12. The molecule has 0 bridgehead atoms. The number of ketones is 1. The van der Waals surface area contributed by atoms with Crippen molar-refractivity contribution in [2.24, 2.45) is 0 Å². The van der Waals surface area contributed by atoms with Crippen molar-refractivity contribution in [2.75, 3.05) is 19.0 Å². The second-order valence-corrected chi connectivity index (χ2v) is 8.06. The Labute approximate surface area is 187 Å². The van der Waals surface area contributed by atoms with Gasteiger partial charge < -0.3 is 4.90 Å². The van der Waals surface area contributed by atoms with Gasteiger partial charge in [-0.3, -0.25) is 19.4 Å². The molecule has 32 heavy (non-hydrogen) atoms. The van der Waals surface area contributed by atoms with Crippen molar-refractivity contribution in [3.05, 3.63) is 78.3 Å². The Hall–Kier alpha value is -3.87. The van der Waals surface area contributed by atoms with Crippen LogP contribution in [-0.4, -0.2) is 44.6 Å². The molecule has 0 spiro atoms. The first-order chi connectivity index (χ1) is 15.4. The summed E-state index contributed by atoms with van der Waals surface area (Å²) in [5.41, 5.74) is 6.69. The van der Waals surface area contributed by atoms with E-state index in [1.54, 1.807) is 23.3 Å². The molecule has 0 amide bonds. The first-order valence-corrected chi connectivity index (χ1v) is 10.5. The maximum absolute atomic E-state index is 12.6. The second kappa shape index (κ2) is 9.09. The largest absolute Gasteiger partial charge is 0.363 e. The van der Waals surface area contributed by atoms with Crippen molar-refractivity contribution < 1.29 is 4.79 Å². The fourth-order valence-corrected chi connectivity index (χ4v) is 3.58. The number of carbonyl (C=O) groups is 1. The number of hydrogen-bond acceptors (Lipinski definition) is 6. The zero-order valence-corrected chi connectivity index (χ0v) is 18.8. The summed E-state index contributed by atoms with van der Waals surface area (Å²) in [6, 6.07) is 11.8. The van der Waals surface area contributed by atoms with Crippen LogP contribution in [0.5, 0.6) is 0 Å². The van der Waals surface area contributed by atoms with Crippen molar-refractivity contribution in [3.8, 4) is 22.3 Å². The van der Waals surface area contributed by atoms with Gasteiger partial charge in [-0.2, -0.15) is 5.10 Å². The van der Waals surface area contributed by atoms with Crippen LogP contribution in [0.3, 0.4) is 0 Å². The Balaban J connectivity index is 1.43. The van der Waals surface area contributed by atoms with Crippen molar-refractivity contribution >= 4 is 11.6 Å². The quantitative estimate of drug-likeness (QED) is 0.446. The number of rotatable bonds is 7. The third-order valence-corrected chi connectivity index (χ3v) is 5.23. The highest BCUT2D eigenvalue weighted by molar-refractivity contribution is 5.80. The summed E-state index contributed by atoms with van der Waals surface area (Å²) in [5.74, 6) is 0.946. The first-order valence-electron chi connectivity index (χ1n) is 10.5. The Morgan fingerprint density at radius 1 is 0.938 bits per heavy atom. The molecule has 7 heteroatoms. The summed E-state index contributed by atoms with van der Waals surface area (Å²) >= 11 is 0. The van der Waals surface area contributed by atoms with Crippen LogP contribution in [0.15, 0.2) is 61.2 Å². The molecule has 0 aliphatic heterocycles. The maximum Gasteiger partial charge on any atom is 0.160 e. The number of Topliss-reactive ketones (excluding diaryl/α,β-unsaturated/α-hetero) is 1. The molecular weight excluding hydrogens is 400 g/mol. The lowest BCUT2D eigenvalue weighted by molar-refractivity contribution is -0.119. The van der Waals surface area contributed by atoms with E-state index in [4.69, 9.17) is 0 Å². The topological polar surface area (TPSA) is 76.8 Å². The Morgan fingerprint density at radius 2 is 1.72 bits per heavy atom. The van der Waals surface area contributed by atoms with Crippen LogP contribution in [0.2, 0.25) is 0 Å². The summed E-state index contributed by atoms with van der Waals surface area (Å²) in [6.07, 6.45) is 7.57. The first kappa shape index (κ1) is 21.4. The summed E-state index contributed by atoms with van der Waals surface area (Å²) in [6.45, 7) is 4.12. The molecule has 4 rings (SSSR count). The van der Waals surface area contributed by atoms with Gasteiger partial charge in [0, 0.05) is 61.4 Å². The van der Waals surface area contributed by atoms with Crippen LogP contribution in [0, 0.1) is 13.8 Å². The van der Waals surface area contributed by atoms with Gasteiger partial charge in [-0.15, -0.1) is 0 Å². The molecule has 4 heterocycles. The summed E-state index contributed by atoms with van der Waals surface area (Å²) in [7, 11) is 3.92. The van der Waals surface area contributed by atoms with E-state index in [9.17, 15) is 4.79 Å². The number of nitrogens with zero attached hydrogens (tertiary/aromatic N) is 6. The SMILES string of the molecule is Cc1cc(-c2cn(CC(=O)Cc3ccc(-c4ccnc(N(C)C)c4)cn3)nc2C)ccn1. The monoisotopic (exact) mass is 426 g/mol. The van der Waals surface area contributed by atoms with E-state index in [2.05, 4.69) is 20.1 Å². The zero-order valence-electron chi connectivity index (χ0n) is 18.8. The third-order valence-electron chi connectivity index (χ3n) is 5.23. The molecule has 7 nitrogen and oxygen atoms in total. The molecule has 0 atom stereocenters. The van der Waals surface area contributed by atoms with Gasteiger partial charge in [0.15, 0.2) is 5.78 Å². The summed E-state index contributed by atoms with van der Waals surface area (Å²) in [4.78, 5) is 27.7. The third kappa shape index (κ3) is 4.88. The Kier molecular flexibility index (Phi) is 6.07. The van der Waals surface area contributed by atoms with Gasteiger partial charge in [-0.05, 0) is 55.3 Å². The fraction of sp³-hybridized carbons (Fsp3) is 0.240. The predicted octanol–water partition coefficient (Wildman–Crippen LogP) is 3.90. The van der Waals surface area contributed by atoms with E-state index in [0.717, 1.165) is 45.2 Å². The number of anilines is 1. The molecule has 0 N–H and O–H groups in total. The highest BCUT2D eigenvalue weighted by atomic mass is 16.1. The summed E-state index contributed by atoms with van der Waals surface area (Å²) < 4.78 is 1.71. The molecule has 0 aromatic carbocycles. The second-order valence-electron chi connectivity index (χ2n) is 8.06. The average Bonchev–Trinajstić information content (AvgIpc) is 3.14. The van der Waals surface area contributed by atoms with E-state index in [0.29, 0.717) is 0 Å². The van der Waals surface area contributed by atoms with Gasteiger partial charge in [0.25, 0.3) is 0 Å². The molecule has 0 unspecified atom stereocenters. The maximum atomic E-state index is 12.6. The minimum atomic E-state index is 0.0593. The van der Waals surface area contributed by atoms with Crippen molar-refractivity contribution in [2.45, 2.75) is 26.8 Å². The van der Waals surface area contributed by atoms with Crippen LogP contribution in [0.1, 0.15) is 17.1 Å². The van der Waals surface area contributed by atoms with E-state index in [1.165, 1.54) is 0 Å². The van der Waals surface area contributed by atoms with Gasteiger partial charge in [0.1, 0.15) is 5.82 Å². The van der Waals surface area contributed by atoms with Gasteiger partial charge in [-0.25, -0.2) is 4.98 Å². The highest BCUT2D eigenvalue weighted by Crippen LogP contribution is 2.23. The van der Waals surface area contributed by atoms with Crippen LogP contribution >= 0.6 is 0 Å². The van der Waals surface area contributed by atoms with Crippen LogP contribution in [0.25, 0.3) is 22.3 Å². The lowest BCUT2D eigenvalue weighted by Gasteiger charge is -2.12. The van der Waals surface area contributed by atoms with Crippen LogP contribution in [0.4, 0.5) is 5.82 Å². The molecule has 0 aliphatic rings. The summed E-state index contributed by atoms with van der Waals surface area (Å²) in [5, 5.41) is 4.52. The lowest BCUT2D eigenvalue weighted by Crippen LogP contribution is -2.13. The van der Waals surface area contributed by atoms with Gasteiger partial charge in [0.05, 0.1) is 18.7 Å². The van der Waals surface area contributed by atoms with Crippen molar-refractivity contribution in [3.63, 3.8) is 0 Å². The molecule has 0 saturated heterocycles. The van der Waals surface area contributed by atoms with Gasteiger partial charge in [0.2, 0.25) is 0 Å². The lowest BCUT2D eigenvalue weighted by atomic mass is 10.1. The Morgan fingerprint density at radius 3 is 2.44 bits per heavy atom. The molecule has 0 fully saturated rings. The van der Waals surface area contributed by atoms with E-state index >= 15 is 0 Å². The van der Waals surface area contributed by atoms with Crippen molar-refractivity contribution in [1.82, 2.24) is 24.7 Å². The standard InChI is InChI=1S/C25H26N6O/c1-17-11-20(8-9-26-17)24-16-31(29-18(24)2)15-23(32)13-22-6-5-21(14-28-22)19-7-10-27-25(12-19)30(3)4/h5-12,14,16H,13,15H2,1-4H3. The minimum absolute atomic E-state index is 0.0593. The molecule has 0 aliphatic carbocycles. The van der Waals surface area contributed by atoms with E-state index in [1.807, 2.05) is 75.4 Å². The number of hydrogen-bond donors (Lipinski definition) is 0. The van der Waals surface area contributed by atoms with Gasteiger partial charge >= 0.3 is 0 Å². The number of carbonyl (C=O) groups excluding carboxylic acids is 1. The molecule has 162 valence electrons. The molecule has 0 saturated carbocycles. The minimum Gasteiger partial charge on any atom is -0.363 e. The molecule has 0 radical (unpaired) electrons. The predicted molar refractivity (Wildman–Crippen MR) is 125 cm³/mol. The molecule has 4 aromatic heterocycles. The zero-order chi connectivity index (χ0) is 22.7. The number of aromatic nitrogens is 5. The molecular formula is C25H26N6O. The van der Waals surface area contributed by atoms with E-state index in [-0.39, 0.29) is 18.7 Å². The average molecular weight is 427 g/mol. The number of pyridine rings is 3. The van der Waals surface area contributed by atoms with Crippen LogP contribution < -0.4 is 4.90 Å². The molecule has 4 aromatic rings. The Bertz CT molecular complexity index is 1240. The normalized spacial score (nSPS) is 10.9. The smallest absolute Gasteiger partial charge is 0.160 e. The fourth-order valence-electron chi connectivity index (χ4n) is 3.58. The van der Waals surface area contributed by atoms with Crippen molar-refractivity contribution in [1.29, 1.82) is 0 Å².